The number of ether oxygens (including phenoxy) is 1. The van der Waals surface area contributed by atoms with E-state index >= 15 is 0 Å². The average Bonchev–Trinajstić information content (AvgIpc) is 2.84. The van der Waals surface area contributed by atoms with E-state index in [1.54, 1.807) is 20.8 Å². The minimum absolute atomic E-state index is 0.146. The zero-order chi connectivity index (χ0) is 18.9. The first-order valence-corrected chi connectivity index (χ1v) is 7.24. The lowest BCUT2D eigenvalue weighted by atomic mass is 10.1. The Kier molecular flexibility index (Phi) is 4.78. The van der Waals surface area contributed by atoms with E-state index in [0.29, 0.717) is 0 Å². The molecule has 7 nitrogen and oxygen atoms in total. The quantitative estimate of drug-likeness (QED) is 0.882. The topological polar surface area (TPSA) is 93.5 Å². The molecule has 2 N–H and O–H groups in total. The highest BCUT2D eigenvalue weighted by molar-refractivity contribution is 5.88. The van der Waals surface area contributed by atoms with Crippen molar-refractivity contribution in [1.29, 1.82) is 0 Å². The summed E-state index contributed by atoms with van der Waals surface area (Å²) in [6, 6.07) is 3.27. The van der Waals surface area contributed by atoms with Gasteiger partial charge in [0, 0.05) is 12.6 Å². The van der Waals surface area contributed by atoms with Crippen molar-refractivity contribution in [2.24, 2.45) is 7.05 Å². The van der Waals surface area contributed by atoms with Crippen LogP contribution in [-0.2, 0) is 11.8 Å². The van der Waals surface area contributed by atoms with Crippen LogP contribution in [0, 0.1) is 11.6 Å². The maximum absolute atomic E-state index is 14.0. The number of rotatable bonds is 3. The molecule has 0 radical (unpaired) electrons. The molecule has 25 heavy (non-hydrogen) atoms. The number of benzene rings is 1. The van der Waals surface area contributed by atoms with Crippen LogP contribution in [0.3, 0.4) is 0 Å². The largest absolute Gasteiger partial charge is 0.476 e. The Hall–Kier alpha value is -2.97. The molecule has 2 aromatic rings. The van der Waals surface area contributed by atoms with Crippen LogP contribution in [0.25, 0.3) is 11.3 Å². The van der Waals surface area contributed by atoms with Crippen LogP contribution in [0.2, 0.25) is 0 Å². The monoisotopic (exact) mass is 353 g/mol. The molecule has 0 aliphatic rings. The number of nitrogens with one attached hydrogen (secondary N) is 1. The lowest BCUT2D eigenvalue weighted by Gasteiger charge is -2.20. The number of anilines is 1. The molecule has 0 fully saturated rings. The second-order valence-electron chi connectivity index (χ2n) is 6.29. The molecule has 134 valence electrons. The summed E-state index contributed by atoms with van der Waals surface area (Å²) in [4.78, 5) is 22.8. The number of hydrogen-bond acceptors (Lipinski definition) is 4. The van der Waals surface area contributed by atoms with Crippen molar-refractivity contribution >= 4 is 17.7 Å². The standard InChI is InChI=1S/C16H17F2N3O4/c1-16(2,3)25-15(24)19-10-6-8(5-9(17)13(10)18)12-7-11(14(22)23)20-21(12)4/h5-7H,1-4H3,(H,19,24)(H,22,23). The molecule has 0 atom stereocenters. The Labute approximate surface area is 142 Å². The first kappa shape index (κ1) is 18.4. The van der Waals surface area contributed by atoms with Gasteiger partial charge in [-0.05, 0) is 39.0 Å². The van der Waals surface area contributed by atoms with Gasteiger partial charge in [0.15, 0.2) is 17.3 Å². The number of nitrogens with zero attached hydrogens (tertiary/aromatic N) is 2. The van der Waals surface area contributed by atoms with Gasteiger partial charge in [0.25, 0.3) is 0 Å². The number of carbonyl (C=O) groups excluding carboxylic acids is 1. The molecule has 1 aromatic heterocycles. The second-order valence-corrected chi connectivity index (χ2v) is 6.29. The fraction of sp³-hybridized carbons (Fsp3) is 0.312. The Bertz CT molecular complexity index is 841. The summed E-state index contributed by atoms with van der Waals surface area (Å²) in [7, 11) is 1.46. The lowest BCUT2D eigenvalue weighted by molar-refractivity contribution is 0.0633. The zero-order valence-electron chi connectivity index (χ0n) is 14.1. The normalized spacial score (nSPS) is 11.3. The SMILES string of the molecule is Cn1nc(C(=O)O)cc1-c1cc(F)c(F)c(NC(=O)OC(C)(C)C)c1. The van der Waals surface area contributed by atoms with E-state index in [1.807, 2.05) is 0 Å². The summed E-state index contributed by atoms with van der Waals surface area (Å²) in [5.41, 5.74) is -1.10. The summed E-state index contributed by atoms with van der Waals surface area (Å²) in [5, 5.41) is 14.9. The maximum atomic E-state index is 14.0. The summed E-state index contributed by atoms with van der Waals surface area (Å²) in [6.07, 6.45) is -0.945. The van der Waals surface area contributed by atoms with E-state index in [-0.39, 0.29) is 17.0 Å². The lowest BCUT2D eigenvalue weighted by Crippen LogP contribution is -2.27. The van der Waals surface area contributed by atoms with Crippen molar-refractivity contribution in [1.82, 2.24) is 9.78 Å². The molecule has 0 spiro atoms. The molecular formula is C16H17F2N3O4. The van der Waals surface area contributed by atoms with Gasteiger partial charge in [-0.15, -0.1) is 0 Å². The van der Waals surface area contributed by atoms with Crippen LogP contribution in [0.4, 0.5) is 19.3 Å². The van der Waals surface area contributed by atoms with E-state index in [0.717, 1.165) is 6.07 Å². The van der Waals surface area contributed by atoms with Crippen LogP contribution in [0.1, 0.15) is 31.3 Å². The molecule has 1 amide bonds. The molecule has 0 unspecified atom stereocenters. The van der Waals surface area contributed by atoms with Gasteiger partial charge in [-0.3, -0.25) is 10.00 Å². The zero-order valence-corrected chi connectivity index (χ0v) is 14.1. The van der Waals surface area contributed by atoms with Crippen LogP contribution in [0.15, 0.2) is 18.2 Å². The minimum atomic E-state index is -1.25. The van der Waals surface area contributed by atoms with Crippen molar-refractivity contribution in [3.05, 3.63) is 35.5 Å². The minimum Gasteiger partial charge on any atom is -0.476 e. The van der Waals surface area contributed by atoms with Gasteiger partial charge < -0.3 is 9.84 Å². The van der Waals surface area contributed by atoms with Gasteiger partial charge in [0.1, 0.15) is 5.60 Å². The first-order valence-electron chi connectivity index (χ1n) is 7.24. The Morgan fingerprint density at radius 2 is 1.88 bits per heavy atom. The highest BCUT2D eigenvalue weighted by Crippen LogP contribution is 2.28. The Morgan fingerprint density at radius 1 is 1.24 bits per heavy atom. The molecule has 0 saturated heterocycles. The smallest absolute Gasteiger partial charge is 0.412 e. The van der Waals surface area contributed by atoms with Gasteiger partial charge in [-0.2, -0.15) is 5.10 Å². The van der Waals surface area contributed by atoms with Gasteiger partial charge in [-0.25, -0.2) is 18.4 Å². The van der Waals surface area contributed by atoms with Crippen LogP contribution >= 0.6 is 0 Å². The van der Waals surface area contributed by atoms with E-state index < -0.39 is 35.0 Å². The van der Waals surface area contributed by atoms with Crippen molar-refractivity contribution < 1.29 is 28.2 Å². The van der Waals surface area contributed by atoms with Gasteiger partial charge in [-0.1, -0.05) is 0 Å². The number of carboxylic acid groups (broad SMARTS) is 1. The van der Waals surface area contributed by atoms with Crippen LogP contribution in [-0.4, -0.2) is 32.6 Å². The number of hydrogen-bond donors (Lipinski definition) is 2. The van der Waals surface area contributed by atoms with E-state index in [2.05, 4.69) is 10.4 Å². The van der Waals surface area contributed by atoms with Crippen molar-refractivity contribution in [3.8, 4) is 11.3 Å². The maximum Gasteiger partial charge on any atom is 0.412 e. The number of carbonyl (C=O) groups is 2. The van der Waals surface area contributed by atoms with Crippen molar-refractivity contribution in [3.63, 3.8) is 0 Å². The number of carboxylic acids is 1. The van der Waals surface area contributed by atoms with Gasteiger partial charge in [0.2, 0.25) is 0 Å². The Balaban J connectivity index is 2.41. The van der Waals surface area contributed by atoms with Gasteiger partial charge in [0.05, 0.1) is 11.4 Å². The summed E-state index contributed by atoms with van der Waals surface area (Å²) in [5.74, 6) is -3.71. The van der Waals surface area contributed by atoms with Crippen molar-refractivity contribution in [2.75, 3.05) is 5.32 Å². The molecule has 2 rings (SSSR count). The van der Waals surface area contributed by atoms with Crippen molar-refractivity contribution in [2.45, 2.75) is 26.4 Å². The third-order valence-electron chi connectivity index (χ3n) is 3.06. The predicted molar refractivity (Wildman–Crippen MR) is 85.4 cm³/mol. The van der Waals surface area contributed by atoms with Crippen LogP contribution < -0.4 is 5.32 Å². The third-order valence-corrected chi connectivity index (χ3v) is 3.06. The highest BCUT2D eigenvalue weighted by atomic mass is 19.2. The molecule has 1 heterocycles. The van der Waals surface area contributed by atoms with Crippen LogP contribution in [0.5, 0.6) is 0 Å². The number of halogens is 2. The molecule has 0 bridgehead atoms. The molecule has 9 heteroatoms. The average molecular weight is 353 g/mol. The van der Waals surface area contributed by atoms with Gasteiger partial charge >= 0.3 is 12.1 Å². The molecule has 0 saturated carbocycles. The highest BCUT2D eigenvalue weighted by Gasteiger charge is 2.21. The first-order chi connectivity index (χ1) is 11.5. The molecule has 0 aliphatic heterocycles. The number of aromatic nitrogens is 2. The molecule has 0 aliphatic carbocycles. The number of aryl methyl sites for hydroxylation is 1. The summed E-state index contributed by atoms with van der Waals surface area (Å²) in [6.45, 7) is 4.88. The third kappa shape index (κ3) is 4.31. The second kappa shape index (κ2) is 6.50. The van der Waals surface area contributed by atoms with E-state index in [1.165, 1.54) is 23.9 Å². The molecular weight excluding hydrogens is 336 g/mol. The van der Waals surface area contributed by atoms with E-state index in [4.69, 9.17) is 9.84 Å². The fourth-order valence-electron chi connectivity index (χ4n) is 2.08. The van der Waals surface area contributed by atoms with E-state index in [9.17, 15) is 18.4 Å². The number of aromatic carboxylic acids is 1. The number of amides is 1. The molecule has 1 aromatic carbocycles. The predicted octanol–water partition coefficient (Wildman–Crippen LogP) is 3.41. The fourth-order valence-corrected chi connectivity index (χ4v) is 2.08. The summed E-state index contributed by atoms with van der Waals surface area (Å²) < 4.78 is 34.1. The summed E-state index contributed by atoms with van der Waals surface area (Å²) >= 11 is 0. The Morgan fingerprint density at radius 3 is 2.40 bits per heavy atom.